The van der Waals surface area contributed by atoms with E-state index in [2.05, 4.69) is 23.9 Å². The van der Waals surface area contributed by atoms with Crippen molar-refractivity contribution in [3.05, 3.63) is 39.4 Å². The van der Waals surface area contributed by atoms with Gasteiger partial charge in [0.05, 0.1) is 12.2 Å². The summed E-state index contributed by atoms with van der Waals surface area (Å²) in [6.07, 6.45) is 2.18. The Morgan fingerprint density at radius 1 is 1.55 bits per heavy atom. The van der Waals surface area contributed by atoms with Crippen molar-refractivity contribution in [2.24, 2.45) is 0 Å². The maximum atomic E-state index is 11.0. The van der Waals surface area contributed by atoms with Crippen LogP contribution in [0.2, 0.25) is 0 Å². The first-order chi connectivity index (χ1) is 10.5. The number of aromatic carboxylic acids is 1. The number of aromatic nitrogens is 1. The van der Waals surface area contributed by atoms with Gasteiger partial charge in [-0.25, -0.2) is 4.79 Å². The molecule has 3 heterocycles. The summed E-state index contributed by atoms with van der Waals surface area (Å²) in [5.74, 6) is 0.394. The maximum Gasteiger partial charge on any atom is 0.345 e. The van der Waals surface area contributed by atoms with Crippen LogP contribution in [-0.4, -0.2) is 27.7 Å². The van der Waals surface area contributed by atoms with Crippen LogP contribution >= 0.6 is 11.3 Å². The molecule has 22 heavy (non-hydrogen) atoms. The second-order valence-corrected chi connectivity index (χ2v) is 7.12. The molecule has 1 aliphatic heterocycles. The van der Waals surface area contributed by atoms with E-state index in [9.17, 15) is 4.79 Å². The quantitative estimate of drug-likeness (QED) is 0.905. The van der Waals surface area contributed by atoms with Gasteiger partial charge in [-0.15, -0.1) is 11.3 Å². The molecule has 0 bridgehead atoms. The lowest BCUT2D eigenvalue weighted by atomic mass is 10.1. The van der Waals surface area contributed by atoms with Crippen LogP contribution in [0.5, 0.6) is 0 Å². The van der Waals surface area contributed by atoms with Gasteiger partial charge in [0, 0.05) is 17.0 Å². The zero-order valence-corrected chi connectivity index (χ0v) is 13.6. The first-order valence-corrected chi connectivity index (χ1v) is 8.39. The highest BCUT2D eigenvalue weighted by Crippen LogP contribution is 2.37. The number of rotatable bonds is 5. The largest absolute Gasteiger partial charge is 0.477 e. The zero-order chi connectivity index (χ0) is 15.7. The summed E-state index contributed by atoms with van der Waals surface area (Å²) in [5, 5.41) is 13.2. The molecule has 1 unspecified atom stereocenters. The van der Waals surface area contributed by atoms with Crippen LogP contribution in [0.4, 0.5) is 0 Å². The van der Waals surface area contributed by atoms with Gasteiger partial charge in [0.1, 0.15) is 4.88 Å². The molecule has 0 amide bonds. The topological polar surface area (TPSA) is 66.6 Å². The normalized spacial score (nSPS) is 19.1. The highest BCUT2D eigenvalue weighted by Gasteiger charge is 2.28. The molecule has 0 aromatic carbocycles. The number of nitrogens with zero attached hydrogens (tertiary/aromatic N) is 2. The van der Waals surface area contributed by atoms with Crippen LogP contribution in [0.1, 0.15) is 64.7 Å². The van der Waals surface area contributed by atoms with E-state index < -0.39 is 5.97 Å². The molecule has 0 radical (unpaired) electrons. The Morgan fingerprint density at radius 2 is 2.36 bits per heavy atom. The van der Waals surface area contributed by atoms with Gasteiger partial charge in [-0.3, -0.25) is 4.90 Å². The molecule has 0 spiro atoms. The Morgan fingerprint density at radius 3 is 3.00 bits per heavy atom. The Hall–Kier alpha value is -1.66. The molecule has 2 aromatic heterocycles. The first kappa shape index (κ1) is 15.2. The molecule has 1 fully saturated rings. The van der Waals surface area contributed by atoms with E-state index in [0.29, 0.717) is 10.8 Å². The summed E-state index contributed by atoms with van der Waals surface area (Å²) in [7, 11) is 0. The molecule has 118 valence electrons. The summed E-state index contributed by atoms with van der Waals surface area (Å²) in [4.78, 5) is 14.9. The van der Waals surface area contributed by atoms with E-state index in [-0.39, 0.29) is 6.04 Å². The number of hydrogen-bond acceptors (Lipinski definition) is 5. The summed E-state index contributed by atoms with van der Waals surface area (Å²) < 4.78 is 5.43. The molecule has 3 rings (SSSR count). The van der Waals surface area contributed by atoms with E-state index in [1.54, 1.807) is 6.07 Å². The van der Waals surface area contributed by atoms with Gasteiger partial charge in [-0.1, -0.05) is 19.0 Å². The number of carbonyl (C=O) groups is 1. The average molecular weight is 320 g/mol. The summed E-state index contributed by atoms with van der Waals surface area (Å²) >= 11 is 1.38. The highest BCUT2D eigenvalue weighted by atomic mass is 32.1. The number of hydrogen-bond donors (Lipinski definition) is 1. The van der Waals surface area contributed by atoms with E-state index in [1.807, 2.05) is 12.1 Å². The van der Waals surface area contributed by atoms with Crippen LogP contribution in [0.3, 0.4) is 0 Å². The third-order valence-corrected chi connectivity index (χ3v) is 5.23. The number of likely N-dealkylation sites (tertiary alicyclic amines) is 1. The van der Waals surface area contributed by atoms with E-state index in [0.717, 1.165) is 42.3 Å². The number of carboxylic acid groups (broad SMARTS) is 1. The minimum atomic E-state index is -0.849. The van der Waals surface area contributed by atoms with Crippen molar-refractivity contribution in [2.75, 3.05) is 6.54 Å². The SMILES string of the molecule is CC(C)c1cc(CN2CCCC2c2ccc(C(=O)O)s2)on1. The molecule has 1 N–H and O–H groups in total. The van der Waals surface area contributed by atoms with Gasteiger partial charge in [0.25, 0.3) is 0 Å². The van der Waals surface area contributed by atoms with E-state index in [1.165, 1.54) is 11.3 Å². The standard InChI is InChI=1S/C16H20N2O3S/c1-10(2)12-8-11(21-17-12)9-18-7-3-4-13(18)14-5-6-15(22-14)16(19)20/h5-6,8,10,13H,3-4,7,9H2,1-2H3,(H,19,20). The van der Waals surface area contributed by atoms with Gasteiger partial charge >= 0.3 is 5.97 Å². The number of carboxylic acids is 1. The van der Waals surface area contributed by atoms with Crippen LogP contribution in [0, 0.1) is 0 Å². The second kappa shape index (κ2) is 6.22. The Balaban J connectivity index is 1.73. The Bertz CT molecular complexity index is 662. The molecule has 1 saturated heterocycles. The third kappa shape index (κ3) is 3.08. The molecule has 0 saturated carbocycles. The van der Waals surface area contributed by atoms with Gasteiger partial charge in [-0.05, 0) is 37.4 Å². The summed E-state index contributed by atoms with van der Waals surface area (Å²) in [6, 6.07) is 5.95. The van der Waals surface area contributed by atoms with Crippen molar-refractivity contribution in [1.29, 1.82) is 0 Å². The molecule has 2 aromatic rings. The third-order valence-electron chi connectivity index (χ3n) is 4.06. The van der Waals surface area contributed by atoms with Gasteiger partial charge < -0.3 is 9.63 Å². The van der Waals surface area contributed by atoms with Crippen molar-refractivity contribution < 1.29 is 14.4 Å². The number of thiophene rings is 1. The minimum Gasteiger partial charge on any atom is -0.477 e. The van der Waals surface area contributed by atoms with Crippen molar-refractivity contribution in [3.63, 3.8) is 0 Å². The fraction of sp³-hybridized carbons (Fsp3) is 0.500. The Kier molecular flexibility index (Phi) is 4.31. The summed E-state index contributed by atoms with van der Waals surface area (Å²) in [6.45, 7) is 5.92. The molecule has 5 nitrogen and oxygen atoms in total. The molecule has 1 atom stereocenters. The first-order valence-electron chi connectivity index (χ1n) is 7.57. The lowest BCUT2D eigenvalue weighted by Gasteiger charge is -2.21. The van der Waals surface area contributed by atoms with Crippen molar-refractivity contribution in [2.45, 2.75) is 45.2 Å². The lowest BCUT2D eigenvalue weighted by molar-refractivity contribution is 0.0702. The fourth-order valence-electron chi connectivity index (χ4n) is 2.86. The van der Waals surface area contributed by atoms with Gasteiger partial charge in [0.15, 0.2) is 5.76 Å². The van der Waals surface area contributed by atoms with Gasteiger partial charge in [0.2, 0.25) is 0 Å². The van der Waals surface area contributed by atoms with E-state index in [4.69, 9.17) is 9.63 Å². The maximum absolute atomic E-state index is 11.0. The van der Waals surface area contributed by atoms with Crippen LogP contribution in [-0.2, 0) is 6.54 Å². The fourth-order valence-corrected chi connectivity index (χ4v) is 3.88. The highest BCUT2D eigenvalue weighted by molar-refractivity contribution is 7.14. The molecular formula is C16H20N2O3S. The zero-order valence-electron chi connectivity index (χ0n) is 12.8. The Labute approximate surface area is 133 Å². The average Bonchev–Trinajstić information content (AvgIpc) is 3.18. The second-order valence-electron chi connectivity index (χ2n) is 6.01. The van der Waals surface area contributed by atoms with Crippen LogP contribution < -0.4 is 0 Å². The van der Waals surface area contributed by atoms with Crippen molar-refractivity contribution in [3.8, 4) is 0 Å². The predicted octanol–water partition coefficient (Wildman–Crippen LogP) is 3.89. The molecule has 1 aliphatic rings. The lowest BCUT2D eigenvalue weighted by Crippen LogP contribution is -2.21. The smallest absolute Gasteiger partial charge is 0.345 e. The van der Waals surface area contributed by atoms with Crippen molar-refractivity contribution in [1.82, 2.24) is 10.1 Å². The molecular weight excluding hydrogens is 300 g/mol. The van der Waals surface area contributed by atoms with Crippen molar-refractivity contribution >= 4 is 17.3 Å². The molecule has 6 heteroatoms. The summed E-state index contributed by atoms with van der Waals surface area (Å²) in [5.41, 5.74) is 0.982. The van der Waals surface area contributed by atoms with E-state index >= 15 is 0 Å². The molecule has 0 aliphatic carbocycles. The van der Waals surface area contributed by atoms with Crippen LogP contribution in [0.15, 0.2) is 22.7 Å². The van der Waals surface area contributed by atoms with Crippen LogP contribution in [0.25, 0.3) is 0 Å². The predicted molar refractivity (Wildman–Crippen MR) is 84.3 cm³/mol. The van der Waals surface area contributed by atoms with Gasteiger partial charge in [-0.2, -0.15) is 0 Å². The minimum absolute atomic E-state index is 0.283. The monoisotopic (exact) mass is 320 g/mol.